The largest absolute Gasteiger partial charge is 0.399 e. The minimum absolute atomic E-state index is 0.155. The molecule has 0 aliphatic rings. The molecule has 0 radical (unpaired) electrons. The molecule has 82 valence electrons. The van der Waals surface area contributed by atoms with Crippen LogP contribution in [-0.4, -0.2) is 10.9 Å². The monoisotopic (exact) mass is 233 g/mol. The van der Waals surface area contributed by atoms with Crippen molar-refractivity contribution in [1.29, 1.82) is 0 Å². The van der Waals surface area contributed by atoms with Gasteiger partial charge in [-0.05, 0) is 17.7 Å². The van der Waals surface area contributed by atoms with Crippen molar-refractivity contribution < 1.29 is 4.79 Å². The van der Waals surface area contributed by atoms with Gasteiger partial charge in [0.05, 0.1) is 5.51 Å². The number of carbonyl (C=O) groups is 1. The van der Waals surface area contributed by atoms with Gasteiger partial charge in [0.2, 0.25) is 0 Å². The third kappa shape index (κ3) is 2.58. The standard InChI is InChI=1S/C11H11N3OS/c12-9-3-1-8(2-4-9)5-13-11(15)10-6-16-7-14-10/h1-4,6-7H,5,12H2,(H,13,15). The number of nitrogens with two attached hydrogens (primary N) is 1. The number of benzene rings is 1. The van der Waals surface area contributed by atoms with Crippen LogP contribution < -0.4 is 11.1 Å². The first-order chi connectivity index (χ1) is 7.75. The molecule has 1 heterocycles. The summed E-state index contributed by atoms with van der Waals surface area (Å²) >= 11 is 1.40. The van der Waals surface area contributed by atoms with Crippen LogP contribution in [0.15, 0.2) is 35.2 Å². The second-order valence-electron chi connectivity index (χ2n) is 3.30. The predicted octanol–water partition coefficient (Wildman–Crippen LogP) is 1.66. The van der Waals surface area contributed by atoms with Gasteiger partial charge in [0.1, 0.15) is 5.69 Å². The molecule has 0 unspecified atom stereocenters. The summed E-state index contributed by atoms with van der Waals surface area (Å²) in [5, 5.41) is 4.51. The highest BCUT2D eigenvalue weighted by Gasteiger charge is 2.06. The number of carbonyl (C=O) groups excluding carboxylic acids is 1. The van der Waals surface area contributed by atoms with Gasteiger partial charge in [0.25, 0.3) is 5.91 Å². The molecule has 1 amide bonds. The zero-order chi connectivity index (χ0) is 11.4. The van der Waals surface area contributed by atoms with Crippen molar-refractivity contribution in [1.82, 2.24) is 10.3 Å². The van der Waals surface area contributed by atoms with E-state index in [1.165, 1.54) is 11.3 Å². The molecule has 0 saturated heterocycles. The third-order valence-corrected chi connectivity index (χ3v) is 2.68. The van der Waals surface area contributed by atoms with E-state index in [0.29, 0.717) is 12.2 Å². The Kier molecular flexibility index (Phi) is 3.16. The van der Waals surface area contributed by atoms with Gasteiger partial charge in [-0.15, -0.1) is 11.3 Å². The van der Waals surface area contributed by atoms with Crippen molar-refractivity contribution in [2.75, 3.05) is 5.73 Å². The Bertz CT molecular complexity index is 464. The van der Waals surface area contributed by atoms with Crippen LogP contribution in [0.4, 0.5) is 5.69 Å². The van der Waals surface area contributed by atoms with E-state index in [-0.39, 0.29) is 5.91 Å². The highest BCUT2D eigenvalue weighted by atomic mass is 32.1. The van der Waals surface area contributed by atoms with Gasteiger partial charge >= 0.3 is 0 Å². The van der Waals surface area contributed by atoms with Crippen LogP contribution >= 0.6 is 11.3 Å². The van der Waals surface area contributed by atoms with E-state index >= 15 is 0 Å². The van der Waals surface area contributed by atoms with E-state index in [1.54, 1.807) is 10.9 Å². The average Bonchev–Trinajstić information content (AvgIpc) is 2.81. The number of nitrogen functional groups attached to an aromatic ring is 1. The molecule has 2 aromatic rings. The molecule has 4 nitrogen and oxygen atoms in total. The first-order valence-electron chi connectivity index (χ1n) is 4.76. The Morgan fingerprint density at radius 3 is 2.75 bits per heavy atom. The lowest BCUT2D eigenvalue weighted by Gasteiger charge is -2.03. The quantitative estimate of drug-likeness (QED) is 0.792. The van der Waals surface area contributed by atoms with Crippen molar-refractivity contribution in [3.63, 3.8) is 0 Å². The van der Waals surface area contributed by atoms with Gasteiger partial charge in [-0.2, -0.15) is 0 Å². The maximum Gasteiger partial charge on any atom is 0.271 e. The number of nitrogens with one attached hydrogen (secondary N) is 1. The Morgan fingerprint density at radius 1 is 1.38 bits per heavy atom. The Labute approximate surface area is 97.1 Å². The topological polar surface area (TPSA) is 68.0 Å². The number of anilines is 1. The molecule has 16 heavy (non-hydrogen) atoms. The Morgan fingerprint density at radius 2 is 2.12 bits per heavy atom. The van der Waals surface area contributed by atoms with Crippen molar-refractivity contribution in [2.24, 2.45) is 0 Å². The molecule has 0 atom stereocenters. The van der Waals surface area contributed by atoms with Crippen molar-refractivity contribution >= 4 is 22.9 Å². The number of thiazole rings is 1. The fourth-order valence-corrected chi connectivity index (χ4v) is 1.77. The first-order valence-corrected chi connectivity index (χ1v) is 5.71. The summed E-state index contributed by atoms with van der Waals surface area (Å²) in [5.41, 5.74) is 9.39. The molecule has 0 aliphatic carbocycles. The maximum absolute atomic E-state index is 11.6. The zero-order valence-corrected chi connectivity index (χ0v) is 9.33. The molecule has 1 aromatic heterocycles. The summed E-state index contributed by atoms with van der Waals surface area (Å²) < 4.78 is 0. The molecule has 0 saturated carbocycles. The lowest BCUT2D eigenvalue weighted by molar-refractivity contribution is 0.0946. The second kappa shape index (κ2) is 4.76. The molecule has 0 fully saturated rings. The summed E-state index contributed by atoms with van der Waals surface area (Å²) in [6.45, 7) is 0.483. The van der Waals surface area contributed by atoms with Crippen LogP contribution in [0.3, 0.4) is 0 Å². The molecular formula is C11H11N3OS. The zero-order valence-electron chi connectivity index (χ0n) is 8.51. The van der Waals surface area contributed by atoms with Gasteiger partial charge in [-0.25, -0.2) is 4.98 Å². The van der Waals surface area contributed by atoms with E-state index in [1.807, 2.05) is 24.3 Å². The summed E-state index contributed by atoms with van der Waals surface area (Å²) in [4.78, 5) is 15.5. The number of hydrogen-bond donors (Lipinski definition) is 2. The van der Waals surface area contributed by atoms with Crippen LogP contribution in [0.2, 0.25) is 0 Å². The van der Waals surface area contributed by atoms with Crippen LogP contribution in [0.1, 0.15) is 16.1 Å². The second-order valence-corrected chi connectivity index (χ2v) is 4.02. The summed E-state index contributed by atoms with van der Waals surface area (Å²) in [6, 6.07) is 7.39. The first kappa shape index (κ1) is 10.6. The van der Waals surface area contributed by atoms with Gasteiger partial charge in [0.15, 0.2) is 0 Å². The van der Waals surface area contributed by atoms with Gasteiger partial charge in [-0.1, -0.05) is 12.1 Å². The average molecular weight is 233 g/mol. The fraction of sp³-hybridized carbons (Fsp3) is 0.0909. The van der Waals surface area contributed by atoms with Crippen LogP contribution in [0.25, 0.3) is 0 Å². The molecule has 2 rings (SSSR count). The highest BCUT2D eigenvalue weighted by molar-refractivity contribution is 7.07. The van der Waals surface area contributed by atoms with Crippen molar-refractivity contribution in [3.05, 3.63) is 46.4 Å². The predicted molar refractivity (Wildman–Crippen MR) is 64.1 cm³/mol. The molecular weight excluding hydrogens is 222 g/mol. The van der Waals surface area contributed by atoms with Crippen LogP contribution in [0, 0.1) is 0 Å². The van der Waals surface area contributed by atoms with E-state index in [0.717, 1.165) is 11.3 Å². The smallest absolute Gasteiger partial charge is 0.271 e. The molecule has 1 aromatic carbocycles. The summed E-state index contributed by atoms with van der Waals surface area (Å²) in [6.07, 6.45) is 0. The van der Waals surface area contributed by atoms with Crippen molar-refractivity contribution in [2.45, 2.75) is 6.54 Å². The third-order valence-electron chi connectivity index (χ3n) is 2.10. The van der Waals surface area contributed by atoms with E-state index in [4.69, 9.17) is 5.73 Å². The van der Waals surface area contributed by atoms with Crippen molar-refractivity contribution in [3.8, 4) is 0 Å². The van der Waals surface area contributed by atoms with Gasteiger partial charge in [-0.3, -0.25) is 4.79 Å². The lowest BCUT2D eigenvalue weighted by atomic mass is 10.2. The minimum Gasteiger partial charge on any atom is -0.399 e. The van der Waals surface area contributed by atoms with Gasteiger partial charge < -0.3 is 11.1 Å². The minimum atomic E-state index is -0.155. The molecule has 3 N–H and O–H groups in total. The number of amides is 1. The lowest BCUT2D eigenvalue weighted by Crippen LogP contribution is -2.22. The number of aromatic nitrogens is 1. The van der Waals surface area contributed by atoms with E-state index in [2.05, 4.69) is 10.3 Å². The fourth-order valence-electron chi connectivity index (χ4n) is 1.23. The normalized spacial score (nSPS) is 10.0. The summed E-state index contributed by atoms with van der Waals surface area (Å²) in [7, 11) is 0. The SMILES string of the molecule is Nc1ccc(CNC(=O)c2cscn2)cc1. The van der Waals surface area contributed by atoms with Crippen LogP contribution in [-0.2, 0) is 6.54 Å². The Hall–Kier alpha value is -1.88. The van der Waals surface area contributed by atoms with Crippen LogP contribution in [0.5, 0.6) is 0 Å². The van der Waals surface area contributed by atoms with E-state index in [9.17, 15) is 4.79 Å². The van der Waals surface area contributed by atoms with Gasteiger partial charge in [0, 0.05) is 17.6 Å². The molecule has 0 bridgehead atoms. The molecule has 0 spiro atoms. The Balaban J connectivity index is 1.93. The van der Waals surface area contributed by atoms with E-state index < -0.39 is 0 Å². The number of hydrogen-bond acceptors (Lipinski definition) is 4. The summed E-state index contributed by atoms with van der Waals surface area (Å²) in [5.74, 6) is -0.155. The highest BCUT2D eigenvalue weighted by Crippen LogP contribution is 2.06. The maximum atomic E-state index is 11.6. The number of nitrogens with zero attached hydrogens (tertiary/aromatic N) is 1. The molecule has 0 aliphatic heterocycles. The number of rotatable bonds is 3. The molecule has 5 heteroatoms.